The standard InChI is InChI=1S/C21H24N2O4/c1-3-26-18-9-11-19(12-10-18)27-14-13-22-21(25)20(23-16(2)24)15-17-7-5-4-6-8-17/h4-12,15H,3,13-14H2,1-2H3,(H,22,25)(H,23,24)/b20-15-. The Morgan fingerprint density at radius 3 is 2.19 bits per heavy atom. The summed E-state index contributed by atoms with van der Waals surface area (Å²) in [6.45, 7) is 4.51. The normalized spacial score (nSPS) is 10.8. The van der Waals surface area contributed by atoms with E-state index in [0.717, 1.165) is 11.3 Å². The molecule has 6 heteroatoms. The highest BCUT2D eigenvalue weighted by Gasteiger charge is 2.10. The minimum atomic E-state index is -0.371. The minimum absolute atomic E-state index is 0.190. The second kappa shape index (κ2) is 10.7. The third-order valence-corrected chi connectivity index (χ3v) is 3.46. The lowest BCUT2D eigenvalue weighted by Crippen LogP contribution is -2.35. The van der Waals surface area contributed by atoms with Gasteiger partial charge in [-0.25, -0.2) is 0 Å². The van der Waals surface area contributed by atoms with Crippen molar-refractivity contribution in [1.82, 2.24) is 10.6 Å². The third-order valence-electron chi connectivity index (χ3n) is 3.46. The lowest BCUT2D eigenvalue weighted by atomic mass is 10.2. The molecule has 0 saturated heterocycles. The van der Waals surface area contributed by atoms with Crippen LogP contribution in [0.2, 0.25) is 0 Å². The molecule has 142 valence electrons. The van der Waals surface area contributed by atoms with Crippen LogP contribution in [-0.4, -0.2) is 31.6 Å². The van der Waals surface area contributed by atoms with Crippen LogP contribution in [0.5, 0.6) is 11.5 Å². The number of ether oxygens (including phenoxy) is 2. The van der Waals surface area contributed by atoms with E-state index >= 15 is 0 Å². The van der Waals surface area contributed by atoms with Gasteiger partial charge >= 0.3 is 0 Å². The minimum Gasteiger partial charge on any atom is -0.494 e. The van der Waals surface area contributed by atoms with Crippen LogP contribution in [0.4, 0.5) is 0 Å². The first-order valence-electron chi connectivity index (χ1n) is 8.76. The highest BCUT2D eigenvalue weighted by atomic mass is 16.5. The predicted molar refractivity (Wildman–Crippen MR) is 104 cm³/mol. The van der Waals surface area contributed by atoms with Crippen molar-refractivity contribution < 1.29 is 19.1 Å². The van der Waals surface area contributed by atoms with Crippen molar-refractivity contribution in [1.29, 1.82) is 0 Å². The maximum Gasteiger partial charge on any atom is 0.267 e. The number of benzene rings is 2. The summed E-state index contributed by atoms with van der Waals surface area (Å²) in [7, 11) is 0. The van der Waals surface area contributed by atoms with Gasteiger partial charge in [-0.3, -0.25) is 9.59 Å². The van der Waals surface area contributed by atoms with Crippen molar-refractivity contribution >= 4 is 17.9 Å². The molecular formula is C21H24N2O4. The molecule has 0 radical (unpaired) electrons. The third kappa shape index (κ3) is 7.23. The van der Waals surface area contributed by atoms with Crippen LogP contribution >= 0.6 is 0 Å². The molecule has 0 aromatic heterocycles. The second-order valence-corrected chi connectivity index (χ2v) is 5.66. The molecular weight excluding hydrogens is 344 g/mol. The molecule has 2 N–H and O–H groups in total. The molecule has 6 nitrogen and oxygen atoms in total. The van der Waals surface area contributed by atoms with E-state index in [1.807, 2.05) is 61.5 Å². The molecule has 0 saturated carbocycles. The first-order valence-corrected chi connectivity index (χ1v) is 8.76. The van der Waals surface area contributed by atoms with Gasteiger partial charge in [0.1, 0.15) is 23.8 Å². The summed E-state index contributed by atoms with van der Waals surface area (Å²) in [5, 5.41) is 5.30. The quantitative estimate of drug-likeness (QED) is 0.527. The second-order valence-electron chi connectivity index (χ2n) is 5.66. The topological polar surface area (TPSA) is 76.7 Å². The molecule has 0 bridgehead atoms. The maximum atomic E-state index is 12.3. The summed E-state index contributed by atoms with van der Waals surface area (Å²) in [6, 6.07) is 16.6. The first kappa shape index (κ1) is 20.0. The number of amides is 2. The van der Waals surface area contributed by atoms with E-state index in [-0.39, 0.29) is 17.5 Å². The number of hydrogen-bond acceptors (Lipinski definition) is 4. The van der Waals surface area contributed by atoms with Crippen LogP contribution in [0, 0.1) is 0 Å². The van der Waals surface area contributed by atoms with E-state index in [1.165, 1.54) is 6.92 Å². The molecule has 27 heavy (non-hydrogen) atoms. The van der Waals surface area contributed by atoms with Gasteiger partial charge in [-0.1, -0.05) is 30.3 Å². The zero-order valence-corrected chi connectivity index (χ0v) is 15.5. The van der Waals surface area contributed by atoms with Crippen molar-refractivity contribution in [3.63, 3.8) is 0 Å². The van der Waals surface area contributed by atoms with E-state index in [1.54, 1.807) is 6.08 Å². The predicted octanol–water partition coefficient (Wildman–Crippen LogP) is 2.76. The van der Waals surface area contributed by atoms with E-state index in [0.29, 0.717) is 25.5 Å². The Balaban J connectivity index is 1.86. The Morgan fingerprint density at radius 1 is 0.963 bits per heavy atom. The van der Waals surface area contributed by atoms with Gasteiger partial charge in [-0.05, 0) is 42.8 Å². The number of rotatable bonds is 9. The molecule has 0 aliphatic rings. The molecule has 0 spiro atoms. The van der Waals surface area contributed by atoms with Gasteiger partial charge in [0.25, 0.3) is 5.91 Å². The van der Waals surface area contributed by atoms with Crippen molar-refractivity contribution in [2.24, 2.45) is 0 Å². The van der Waals surface area contributed by atoms with E-state index in [4.69, 9.17) is 9.47 Å². The first-order chi connectivity index (χ1) is 13.1. The summed E-state index contributed by atoms with van der Waals surface area (Å²) < 4.78 is 11.0. The van der Waals surface area contributed by atoms with Crippen LogP contribution in [0.15, 0.2) is 60.3 Å². The fourth-order valence-electron chi connectivity index (χ4n) is 2.29. The van der Waals surface area contributed by atoms with Crippen LogP contribution in [0.1, 0.15) is 19.4 Å². The number of carbonyl (C=O) groups is 2. The average molecular weight is 368 g/mol. The fraction of sp³-hybridized carbons (Fsp3) is 0.238. The van der Waals surface area contributed by atoms with Gasteiger partial charge in [0, 0.05) is 6.92 Å². The van der Waals surface area contributed by atoms with Crippen LogP contribution in [-0.2, 0) is 9.59 Å². The zero-order valence-electron chi connectivity index (χ0n) is 15.5. The smallest absolute Gasteiger partial charge is 0.267 e. The molecule has 2 aromatic rings. The fourth-order valence-corrected chi connectivity index (χ4v) is 2.29. The summed E-state index contributed by atoms with van der Waals surface area (Å²) in [5.41, 5.74) is 1.01. The molecule has 0 fully saturated rings. The monoisotopic (exact) mass is 368 g/mol. The van der Waals surface area contributed by atoms with Gasteiger partial charge in [0.2, 0.25) is 5.91 Å². The van der Waals surface area contributed by atoms with E-state index < -0.39 is 0 Å². The lowest BCUT2D eigenvalue weighted by molar-refractivity contribution is -0.122. The van der Waals surface area contributed by atoms with Gasteiger partial charge in [-0.15, -0.1) is 0 Å². The Bertz CT molecular complexity index is 771. The van der Waals surface area contributed by atoms with Gasteiger partial charge in [-0.2, -0.15) is 0 Å². The van der Waals surface area contributed by atoms with Gasteiger partial charge in [0.05, 0.1) is 13.2 Å². The molecule has 0 unspecified atom stereocenters. The largest absolute Gasteiger partial charge is 0.494 e. The Morgan fingerprint density at radius 2 is 1.59 bits per heavy atom. The van der Waals surface area contributed by atoms with Gasteiger partial charge < -0.3 is 20.1 Å². The SMILES string of the molecule is CCOc1ccc(OCCNC(=O)/C(=C/c2ccccc2)NC(C)=O)cc1. The Labute approximate surface area is 159 Å². The van der Waals surface area contributed by atoms with Crippen LogP contribution in [0.3, 0.4) is 0 Å². The van der Waals surface area contributed by atoms with Gasteiger partial charge in [0.15, 0.2) is 0 Å². The van der Waals surface area contributed by atoms with Crippen molar-refractivity contribution in [3.8, 4) is 11.5 Å². The molecule has 2 aromatic carbocycles. The lowest BCUT2D eigenvalue weighted by Gasteiger charge is -2.11. The number of hydrogen-bond donors (Lipinski definition) is 2. The molecule has 2 rings (SSSR count). The Hall–Kier alpha value is -3.28. The highest BCUT2D eigenvalue weighted by Crippen LogP contribution is 2.17. The number of carbonyl (C=O) groups excluding carboxylic acids is 2. The molecule has 0 heterocycles. The average Bonchev–Trinajstić information content (AvgIpc) is 2.66. The van der Waals surface area contributed by atoms with Crippen LogP contribution in [0.25, 0.3) is 6.08 Å². The molecule has 0 atom stereocenters. The summed E-state index contributed by atoms with van der Waals surface area (Å²) in [5.74, 6) is 0.793. The van der Waals surface area contributed by atoms with Crippen molar-refractivity contribution in [2.45, 2.75) is 13.8 Å². The highest BCUT2D eigenvalue weighted by molar-refractivity contribution is 6.00. The summed E-state index contributed by atoms with van der Waals surface area (Å²) in [4.78, 5) is 23.7. The maximum absolute atomic E-state index is 12.3. The number of nitrogens with one attached hydrogen (secondary N) is 2. The Kier molecular flexibility index (Phi) is 7.91. The van der Waals surface area contributed by atoms with E-state index in [9.17, 15) is 9.59 Å². The van der Waals surface area contributed by atoms with Crippen molar-refractivity contribution in [2.75, 3.05) is 19.8 Å². The molecule has 0 aliphatic heterocycles. The van der Waals surface area contributed by atoms with Crippen LogP contribution < -0.4 is 20.1 Å². The molecule has 2 amide bonds. The summed E-state index contributed by atoms with van der Waals surface area (Å²) in [6.07, 6.45) is 1.63. The zero-order chi connectivity index (χ0) is 19.5. The molecule has 0 aliphatic carbocycles. The summed E-state index contributed by atoms with van der Waals surface area (Å²) >= 11 is 0. The van der Waals surface area contributed by atoms with Crippen molar-refractivity contribution in [3.05, 3.63) is 65.9 Å². The van der Waals surface area contributed by atoms with E-state index in [2.05, 4.69) is 10.6 Å².